The van der Waals surface area contributed by atoms with E-state index in [1.165, 1.54) is 24.0 Å². The maximum atomic E-state index is 12.8. The predicted molar refractivity (Wildman–Crippen MR) is 110 cm³/mol. The number of rotatable bonds is 3. The maximum Gasteiger partial charge on any atom is 0.226 e. The molecule has 4 nitrogen and oxygen atoms in total. The van der Waals surface area contributed by atoms with E-state index in [9.17, 15) is 4.79 Å². The summed E-state index contributed by atoms with van der Waals surface area (Å²) in [5.74, 6) is 0.759. The molecular weight excluding hydrogens is 369 g/mol. The first-order chi connectivity index (χ1) is 11.7. The largest absolute Gasteiger partial charge is 0.340 e. The molecule has 0 aromatic heterocycles. The van der Waals surface area contributed by atoms with Crippen LogP contribution >= 0.6 is 24.8 Å². The van der Waals surface area contributed by atoms with Crippen LogP contribution in [0, 0.1) is 18.3 Å². The molecule has 26 heavy (non-hydrogen) atoms. The van der Waals surface area contributed by atoms with E-state index >= 15 is 0 Å². The summed E-state index contributed by atoms with van der Waals surface area (Å²) in [7, 11) is 0. The highest BCUT2D eigenvalue weighted by atomic mass is 35.5. The Morgan fingerprint density at radius 3 is 2.42 bits per heavy atom. The Morgan fingerprint density at radius 2 is 1.77 bits per heavy atom. The molecule has 0 radical (unpaired) electrons. The van der Waals surface area contributed by atoms with E-state index in [1.54, 1.807) is 0 Å². The lowest BCUT2D eigenvalue weighted by molar-refractivity contribution is -0.135. The zero-order chi connectivity index (χ0) is 16.6. The predicted octanol–water partition coefficient (Wildman–Crippen LogP) is 2.87. The number of hydrogen-bond donors (Lipinski definition) is 1. The number of piperazine rings is 1. The molecule has 1 N–H and O–H groups in total. The number of nitrogens with one attached hydrogen (secondary N) is 1. The Bertz CT molecular complexity index is 611. The number of piperidine rings is 1. The van der Waals surface area contributed by atoms with Gasteiger partial charge < -0.3 is 10.2 Å². The standard InChI is InChI=1S/C20H29N3O.2ClH/c1-16-4-2-3-5-17(16)15-22-10-12-23(13-11-22)19(24)18-14-20(18)6-8-21-9-7-20;;/h2-5,18,21H,6-15H2,1H3;2*1H. The molecule has 2 aliphatic heterocycles. The Hall–Kier alpha value is -0.810. The molecule has 3 aliphatic rings. The second-order valence-corrected chi connectivity index (χ2v) is 7.90. The minimum atomic E-state index is 0. The van der Waals surface area contributed by atoms with Crippen molar-refractivity contribution in [3.05, 3.63) is 35.4 Å². The summed E-state index contributed by atoms with van der Waals surface area (Å²) in [6.07, 6.45) is 3.52. The fourth-order valence-corrected chi connectivity index (χ4v) is 4.55. The molecule has 1 unspecified atom stereocenters. The first-order valence-electron chi connectivity index (χ1n) is 9.44. The van der Waals surface area contributed by atoms with Crippen molar-refractivity contribution in [2.24, 2.45) is 11.3 Å². The lowest BCUT2D eigenvalue weighted by atomic mass is 9.91. The molecule has 1 atom stereocenters. The van der Waals surface area contributed by atoms with E-state index in [1.807, 2.05) is 0 Å². The van der Waals surface area contributed by atoms with Crippen molar-refractivity contribution in [1.82, 2.24) is 15.1 Å². The van der Waals surface area contributed by atoms with Crippen molar-refractivity contribution < 1.29 is 4.79 Å². The summed E-state index contributed by atoms with van der Waals surface area (Å²) in [6.45, 7) is 9.17. The molecule has 1 saturated carbocycles. The van der Waals surface area contributed by atoms with Gasteiger partial charge in [-0.25, -0.2) is 0 Å². The zero-order valence-electron chi connectivity index (χ0n) is 15.6. The monoisotopic (exact) mass is 399 g/mol. The van der Waals surface area contributed by atoms with Gasteiger partial charge in [0.1, 0.15) is 0 Å². The van der Waals surface area contributed by atoms with Crippen molar-refractivity contribution in [1.29, 1.82) is 0 Å². The van der Waals surface area contributed by atoms with Gasteiger partial charge in [0, 0.05) is 38.6 Å². The number of carbonyl (C=O) groups is 1. The van der Waals surface area contributed by atoms with Gasteiger partial charge in [0.05, 0.1) is 0 Å². The molecule has 1 spiro atoms. The van der Waals surface area contributed by atoms with Crippen LogP contribution in [-0.4, -0.2) is 55.0 Å². The first kappa shape index (κ1) is 21.5. The van der Waals surface area contributed by atoms with Gasteiger partial charge in [-0.05, 0) is 55.8 Å². The minimum Gasteiger partial charge on any atom is -0.340 e. The molecule has 146 valence electrons. The molecule has 1 aromatic rings. The van der Waals surface area contributed by atoms with Crippen molar-refractivity contribution in [2.75, 3.05) is 39.3 Å². The Morgan fingerprint density at radius 1 is 1.12 bits per heavy atom. The molecule has 6 heteroatoms. The lowest BCUT2D eigenvalue weighted by Gasteiger charge is -2.36. The number of benzene rings is 1. The third-order valence-corrected chi connectivity index (χ3v) is 6.43. The third-order valence-electron chi connectivity index (χ3n) is 6.43. The van der Waals surface area contributed by atoms with Gasteiger partial charge in [-0.2, -0.15) is 0 Å². The average molecular weight is 400 g/mol. The van der Waals surface area contributed by atoms with Crippen LogP contribution in [0.25, 0.3) is 0 Å². The van der Waals surface area contributed by atoms with Crippen LogP contribution in [0.2, 0.25) is 0 Å². The molecule has 2 heterocycles. The highest BCUT2D eigenvalue weighted by Crippen LogP contribution is 2.59. The minimum absolute atomic E-state index is 0. The molecule has 4 rings (SSSR count). The van der Waals surface area contributed by atoms with Gasteiger partial charge >= 0.3 is 0 Å². The Labute approximate surface area is 169 Å². The van der Waals surface area contributed by atoms with E-state index < -0.39 is 0 Å². The highest BCUT2D eigenvalue weighted by Gasteiger charge is 2.58. The summed E-state index contributed by atoms with van der Waals surface area (Å²) in [6, 6.07) is 8.62. The summed E-state index contributed by atoms with van der Waals surface area (Å²) < 4.78 is 0. The van der Waals surface area contributed by atoms with Gasteiger partial charge in [-0.3, -0.25) is 9.69 Å². The number of amides is 1. The van der Waals surface area contributed by atoms with Crippen molar-refractivity contribution in [2.45, 2.75) is 32.7 Å². The van der Waals surface area contributed by atoms with Crippen LogP contribution in [0.15, 0.2) is 24.3 Å². The van der Waals surface area contributed by atoms with Crippen molar-refractivity contribution in [3.8, 4) is 0 Å². The molecule has 1 aliphatic carbocycles. The van der Waals surface area contributed by atoms with Gasteiger partial charge in [0.25, 0.3) is 0 Å². The number of carbonyl (C=O) groups excluding carboxylic acids is 1. The van der Waals surface area contributed by atoms with E-state index in [-0.39, 0.29) is 24.8 Å². The Balaban J connectivity index is 0.00000121. The van der Waals surface area contributed by atoms with Crippen LogP contribution < -0.4 is 5.32 Å². The topological polar surface area (TPSA) is 35.6 Å². The van der Waals surface area contributed by atoms with Crippen LogP contribution in [-0.2, 0) is 11.3 Å². The van der Waals surface area contributed by atoms with Crippen LogP contribution in [0.3, 0.4) is 0 Å². The van der Waals surface area contributed by atoms with E-state index in [0.717, 1.165) is 52.2 Å². The first-order valence-corrected chi connectivity index (χ1v) is 9.44. The smallest absolute Gasteiger partial charge is 0.226 e. The summed E-state index contributed by atoms with van der Waals surface area (Å²) in [5, 5.41) is 3.42. The normalized spacial score (nSPS) is 24.5. The van der Waals surface area contributed by atoms with Gasteiger partial charge in [-0.1, -0.05) is 24.3 Å². The summed E-state index contributed by atoms with van der Waals surface area (Å²) in [4.78, 5) is 17.5. The quantitative estimate of drug-likeness (QED) is 0.848. The number of aryl methyl sites for hydroxylation is 1. The summed E-state index contributed by atoms with van der Waals surface area (Å²) in [5.41, 5.74) is 3.13. The molecule has 1 amide bonds. The van der Waals surface area contributed by atoms with Crippen LogP contribution in [0.5, 0.6) is 0 Å². The summed E-state index contributed by atoms with van der Waals surface area (Å²) >= 11 is 0. The molecular formula is C20H31Cl2N3O. The molecule has 2 saturated heterocycles. The molecule has 0 bridgehead atoms. The van der Waals surface area contributed by atoms with Crippen molar-refractivity contribution >= 4 is 30.7 Å². The van der Waals surface area contributed by atoms with Gasteiger partial charge in [0.2, 0.25) is 5.91 Å². The zero-order valence-corrected chi connectivity index (χ0v) is 17.2. The average Bonchev–Trinajstić information content (AvgIpc) is 3.30. The molecule has 3 fully saturated rings. The maximum absolute atomic E-state index is 12.8. The highest BCUT2D eigenvalue weighted by molar-refractivity contribution is 5.85. The fraction of sp³-hybridized carbons (Fsp3) is 0.650. The number of nitrogens with zero attached hydrogens (tertiary/aromatic N) is 2. The molecule has 1 aromatic carbocycles. The van der Waals surface area contributed by atoms with E-state index in [0.29, 0.717) is 17.2 Å². The van der Waals surface area contributed by atoms with E-state index in [4.69, 9.17) is 0 Å². The van der Waals surface area contributed by atoms with Gasteiger partial charge in [0.15, 0.2) is 0 Å². The number of hydrogen-bond acceptors (Lipinski definition) is 3. The fourth-order valence-electron chi connectivity index (χ4n) is 4.55. The van der Waals surface area contributed by atoms with E-state index in [2.05, 4.69) is 46.3 Å². The second kappa shape index (κ2) is 8.92. The second-order valence-electron chi connectivity index (χ2n) is 7.90. The van der Waals surface area contributed by atoms with Gasteiger partial charge in [-0.15, -0.1) is 24.8 Å². The van der Waals surface area contributed by atoms with Crippen LogP contribution in [0.1, 0.15) is 30.4 Å². The SMILES string of the molecule is Cc1ccccc1CN1CCN(C(=O)C2CC23CCNCC3)CC1.Cl.Cl. The van der Waals surface area contributed by atoms with Crippen molar-refractivity contribution in [3.63, 3.8) is 0 Å². The lowest BCUT2D eigenvalue weighted by Crippen LogP contribution is -2.49. The Kier molecular flexibility index (Phi) is 7.37. The third kappa shape index (κ3) is 4.36. The number of halogens is 2. The van der Waals surface area contributed by atoms with Crippen LogP contribution in [0.4, 0.5) is 0 Å².